The molecule has 1 rings (SSSR count). The Morgan fingerprint density at radius 2 is 2.25 bits per heavy atom. The van der Waals surface area contributed by atoms with Crippen molar-refractivity contribution in [2.75, 3.05) is 6.54 Å². The summed E-state index contributed by atoms with van der Waals surface area (Å²) in [6.45, 7) is 0.505. The molecule has 1 aromatic rings. The number of oxazole rings is 1. The fraction of sp³-hybridized carbons (Fsp3) is 0.500. The standard InChI is InChI=1S/C10H15N3O3/c11-9(14)2-1-3-10(15)13-5-4-8-6-12-7-16-8/h6-7H,1-5H2,(H2,11,14)(H,13,15). The monoisotopic (exact) mass is 225 g/mol. The summed E-state index contributed by atoms with van der Waals surface area (Å²) in [5.41, 5.74) is 4.95. The van der Waals surface area contributed by atoms with Crippen LogP contribution < -0.4 is 11.1 Å². The van der Waals surface area contributed by atoms with Crippen LogP contribution in [-0.4, -0.2) is 23.3 Å². The van der Waals surface area contributed by atoms with Crippen LogP contribution in [0.15, 0.2) is 17.0 Å². The zero-order chi connectivity index (χ0) is 11.8. The quantitative estimate of drug-likeness (QED) is 0.681. The fourth-order valence-electron chi connectivity index (χ4n) is 1.20. The number of hydrogen-bond donors (Lipinski definition) is 2. The van der Waals surface area contributed by atoms with Crippen LogP contribution in [0, 0.1) is 0 Å². The van der Waals surface area contributed by atoms with Crippen molar-refractivity contribution in [2.24, 2.45) is 5.73 Å². The maximum atomic E-state index is 11.2. The van der Waals surface area contributed by atoms with Crippen LogP contribution in [0.4, 0.5) is 0 Å². The van der Waals surface area contributed by atoms with E-state index in [1.807, 2.05) is 0 Å². The molecule has 16 heavy (non-hydrogen) atoms. The second-order valence-corrected chi connectivity index (χ2v) is 3.39. The Morgan fingerprint density at radius 1 is 1.44 bits per heavy atom. The topological polar surface area (TPSA) is 98.2 Å². The van der Waals surface area contributed by atoms with Crippen molar-refractivity contribution in [1.82, 2.24) is 10.3 Å². The normalized spacial score (nSPS) is 10.0. The third-order valence-corrected chi connectivity index (χ3v) is 2.00. The Morgan fingerprint density at radius 3 is 2.88 bits per heavy atom. The van der Waals surface area contributed by atoms with Gasteiger partial charge in [-0.3, -0.25) is 9.59 Å². The number of nitrogens with one attached hydrogen (secondary N) is 1. The molecule has 0 radical (unpaired) electrons. The van der Waals surface area contributed by atoms with Crippen LogP contribution in [0.1, 0.15) is 25.0 Å². The van der Waals surface area contributed by atoms with Gasteiger partial charge in [-0.05, 0) is 6.42 Å². The van der Waals surface area contributed by atoms with Gasteiger partial charge in [0.25, 0.3) is 0 Å². The van der Waals surface area contributed by atoms with Crippen LogP contribution in [0.3, 0.4) is 0 Å². The van der Waals surface area contributed by atoms with Gasteiger partial charge in [-0.15, -0.1) is 0 Å². The molecular formula is C10H15N3O3. The van der Waals surface area contributed by atoms with Gasteiger partial charge in [0.2, 0.25) is 11.8 Å². The summed E-state index contributed by atoms with van der Waals surface area (Å²) in [6.07, 6.45) is 4.63. The third-order valence-electron chi connectivity index (χ3n) is 2.00. The van der Waals surface area contributed by atoms with Gasteiger partial charge in [0.05, 0.1) is 6.20 Å². The lowest BCUT2D eigenvalue weighted by atomic mass is 10.2. The first kappa shape index (κ1) is 12.2. The first-order valence-corrected chi connectivity index (χ1v) is 5.11. The molecule has 6 heteroatoms. The molecule has 0 aliphatic heterocycles. The highest BCUT2D eigenvalue weighted by Crippen LogP contribution is 1.97. The third kappa shape index (κ3) is 5.14. The van der Waals surface area contributed by atoms with Crippen molar-refractivity contribution >= 4 is 11.8 Å². The maximum Gasteiger partial charge on any atom is 0.220 e. The van der Waals surface area contributed by atoms with Crippen molar-refractivity contribution in [3.8, 4) is 0 Å². The van der Waals surface area contributed by atoms with E-state index in [1.165, 1.54) is 6.39 Å². The number of nitrogens with zero attached hydrogens (tertiary/aromatic N) is 1. The summed E-state index contributed by atoms with van der Waals surface area (Å²) in [6, 6.07) is 0. The van der Waals surface area contributed by atoms with Crippen LogP contribution in [-0.2, 0) is 16.0 Å². The molecular weight excluding hydrogens is 210 g/mol. The fourth-order valence-corrected chi connectivity index (χ4v) is 1.20. The number of primary amides is 1. The molecule has 0 saturated heterocycles. The van der Waals surface area contributed by atoms with Crippen molar-refractivity contribution < 1.29 is 14.0 Å². The Kier molecular flexibility index (Phi) is 5.04. The Labute approximate surface area is 93.2 Å². The highest BCUT2D eigenvalue weighted by Gasteiger charge is 2.03. The van der Waals surface area contributed by atoms with Crippen molar-refractivity contribution in [3.63, 3.8) is 0 Å². The van der Waals surface area contributed by atoms with Crippen LogP contribution in [0.25, 0.3) is 0 Å². The number of carbonyl (C=O) groups is 2. The number of carbonyl (C=O) groups excluding carboxylic acids is 2. The number of rotatable bonds is 7. The van der Waals surface area contributed by atoms with Crippen LogP contribution in [0.2, 0.25) is 0 Å². The van der Waals surface area contributed by atoms with E-state index in [1.54, 1.807) is 6.20 Å². The first-order chi connectivity index (χ1) is 7.68. The highest BCUT2D eigenvalue weighted by molar-refractivity contribution is 5.77. The van der Waals surface area contributed by atoms with Crippen molar-refractivity contribution in [2.45, 2.75) is 25.7 Å². The van der Waals surface area contributed by atoms with Gasteiger partial charge in [0, 0.05) is 25.8 Å². The molecule has 0 aromatic carbocycles. The average molecular weight is 225 g/mol. The molecule has 0 spiro atoms. The summed E-state index contributed by atoms with van der Waals surface area (Å²) in [5.74, 6) is 0.271. The second-order valence-electron chi connectivity index (χ2n) is 3.39. The minimum Gasteiger partial charge on any atom is -0.448 e. The van der Waals surface area contributed by atoms with Gasteiger partial charge in [0.15, 0.2) is 6.39 Å². The Balaban J connectivity index is 2.04. The largest absolute Gasteiger partial charge is 0.448 e. The van der Waals surface area contributed by atoms with Gasteiger partial charge in [0.1, 0.15) is 5.76 Å². The van der Waals surface area contributed by atoms with E-state index in [9.17, 15) is 9.59 Å². The van der Waals surface area contributed by atoms with Gasteiger partial charge < -0.3 is 15.5 Å². The molecule has 0 atom stereocenters. The average Bonchev–Trinajstić information content (AvgIpc) is 2.70. The summed E-state index contributed by atoms with van der Waals surface area (Å²) in [4.78, 5) is 25.4. The molecule has 3 N–H and O–H groups in total. The van der Waals surface area contributed by atoms with Gasteiger partial charge in [-0.1, -0.05) is 0 Å². The molecule has 0 aliphatic carbocycles. The molecule has 2 amide bonds. The van der Waals surface area contributed by atoms with Crippen molar-refractivity contribution in [1.29, 1.82) is 0 Å². The zero-order valence-corrected chi connectivity index (χ0v) is 8.94. The number of hydrogen-bond acceptors (Lipinski definition) is 4. The van der Waals surface area contributed by atoms with E-state index in [2.05, 4.69) is 10.3 Å². The summed E-state index contributed by atoms with van der Waals surface area (Å²) in [5, 5.41) is 2.72. The Hall–Kier alpha value is -1.85. The van der Waals surface area contributed by atoms with Gasteiger partial charge in [-0.2, -0.15) is 0 Å². The summed E-state index contributed by atoms with van der Waals surface area (Å²) < 4.78 is 5.00. The Bertz CT molecular complexity index is 335. The molecule has 1 heterocycles. The second kappa shape index (κ2) is 6.60. The van der Waals surface area contributed by atoms with Gasteiger partial charge in [-0.25, -0.2) is 4.98 Å². The number of amides is 2. The summed E-state index contributed by atoms with van der Waals surface area (Å²) in [7, 11) is 0. The van der Waals surface area contributed by atoms with Crippen LogP contribution >= 0.6 is 0 Å². The molecule has 0 bridgehead atoms. The van der Waals surface area contributed by atoms with E-state index in [4.69, 9.17) is 10.2 Å². The molecule has 1 aromatic heterocycles. The smallest absolute Gasteiger partial charge is 0.220 e. The lowest BCUT2D eigenvalue weighted by Crippen LogP contribution is -2.25. The minimum absolute atomic E-state index is 0.0826. The molecule has 6 nitrogen and oxygen atoms in total. The zero-order valence-electron chi connectivity index (χ0n) is 8.94. The molecule has 0 unspecified atom stereocenters. The molecule has 0 fully saturated rings. The molecule has 0 aliphatic rings. The van der Waals surface area contributed by atoms with Crippen molar-refractivity contribution in [3.05, 3.63) is 18.4 Å². The number of nitrogens with two attached hydrogens (primary N) is 1. The summed E-state index contributed by atoms with van der Waals surface area (Å²) >= 11 is 0. The maximum absolute atomic E-state index is 11.2. The molecule has 88 valence electrons. The van der Waals surface area contributed by atoms with E-state index in [-0.39, 0.29) is 18.2 Å². The number of aromatic nitrogens is 1. The minimum atomic E-state index is -0.380. The lowest BCUT2D eigenvalue weighted by molar-refractivity contribution is -0.121. The van der Waals surface area contributed by atoms with E-state index < -0.39 is 0 Å². The predicted octanol–water partition coefficient (Wildman–Crippen LogP) is -0.0111. The first-order valence-electron chi connectivity index (χ1n) is 5.11. The predicted molar refractivity (Wildman–Crippen MR) is 56.3 cm³/mol. The highest BCUT2D eigenvalue weighted by atomic mass is 16.3. The SMILES string of the molecule is NC(=O)CCCC(=O)NCCc1cnco1. The van der Waals surface area contributed by atoms with E-state index in [0.717, 1.165) is 5.76 Å². The lowest BCUT2D eigenvalue weighted by Gasteiger charge is -2.02. The van der Waals surface area contributed by atoms with Crippen LogP contribution in [0.5, 0.6) is 0 Å². The van der Waals surface area contributed by atoms with E-state index in [0.29, 0.717) is 25.8 Å². The molecule has 0 saturated carbocycles. The van der Waals surface area contributed by atoms with E-state index >= 15 is 0 Å². The van der Waals surface area contributed by atoms with Gasteiger partial charge >= 0.3 is 0 Å².